The van der Waals surface area contributed by atoms with Crippen molar-refractivity contribution in [2.75, 3.05) is 12.3 Å². The minimum absolute atomic E-state index is 0.0233. The predicted octanol–water partition coefficient (Wildman–Crippen LogP) is 2.18. The third-order valence-electron chi connectivity index (χ3n) is 3.64. The molecule has 2 rings (SSSR count). The average molecular weight is 453 g/mol. The number of nitrogen functional groups attached to an aromatic ring is 1. The van der Waals surface area contributed by atoms with E-state index < -0.39 is 67.4 Å². The third kappa shape index (κ3) is 4.86. The SMILES string of the molecule is CC(C)OP(O)(=S)OC[C@]1(C(F)F)CC(F)(F)[C@H](n2cc(F)c(N)nc2=O)O1. The molecule has 1 saturated heterocycles. The molecule has 1 fully saturated rings. The van der Waals surface area contributed by atoms with E-state index >= 15 is 0 Å². The fraction of sp³-hybridized carbons (Fsp3) is 0.692. The molecule has 0 saturated carbocycles. The molecular weight excluding hydrogens is 436 g/mol. The fourth-order valence-electron chi connectivity index (χ4n) is 2.49. The lowest BCUT2D eigenvalue weighted by molar-refractivity contribution is -0.181. The molecule has 0 radical (unpaired) electrons. The van der Waals surface area contributed by atoms with Crippen molar-refractivity contribution < 1.29 is 40.6 Å². The lowest BCUT2D eigenvalue weighted by Gasteiger charge is -2.29. The van der Waals surface area contributed by atoms with Gasteiger partial charge in [0.05, 0.1) is 25.3 Å². The largest absolute Gasteiger partial charge is 0.381 e. The van der Waals surface area contributed by atoms with E-state index in [0.717, 1.165) is 0 Å². The van der Waals surface area contributed by atoms with Crippen molar-refractivity contribution in [2.24, 2.45) is 0 Å². The number of alkyl halides is 4. The summed E-state index contributed by atoms with van der Waals surface area (Å²) < 4.78 is 84.1. The van der Waals surface area contributed by atoms with Crippen LogP contribution in [0.25, 0.3) is 0 Å². The summed E-state index contributed by atoms with van der Waals surface area (Å²) in [6.07, 6.45) is -8.08. The van der Waals surface area contributed by atoms with Gasteiger partial charge in [-0.1, -0.05) is 0 Å². The highest BCUT2D eigenvalue weighted by atomic mass is 32.5. The van der Waals surface area contributed by atoms with Crippen LogP contribution in [0.3, 0.4) is 0 Å². The van der Waals surface area contributed by atoms with Gasteiger partial charge in [0.1, 0.15) is 0 Å². The van der Waals surface area contributed by atoms with Gasteiger partial charge >= 0.3 is 12.4 Å². The normalized spacial score (nSPS) is 26.7. The number of nitrogens with zero attached hydrogens (tertiary/aromatic N) is 2. The maximum atomic E-state index is 14.4. The Morgan fingerprint density at radius 1 is 1.54 bits per heavy atom. The molecule has 15 heteroatoms. The van der Waals surface area contributed by atoms with Crippen molar-refractivity contribution in [3.63, 3.8) is 0 Å². The van der Waals surface area contributed by atoms with Gasteiger partial charge < -0.3 is 24.4 Å². The van der Waals surface area contributed by atoms with E-state index in [1.807, 2.05) is 0 Å². The molecule has 160 valence electrons. The number of nitrogens with two attached hydrogens (primary N) is 1. The van der Waals surface area contributed by atoms with Crippen molar-refractivity contribution in [1.29, 1.82) is 0 Å². The molecule has 1 aromatic rings. The summed E-state index contributed by atoms with van der Waals surface area (Å²) in [5, 5.41) is 0. The third-order valence-corrected chi connectivity index (χ3v) is 5.36. The van der Waals surface area contributed by atoms with Crippen LogP contribution in [0.2, 0.25) is 0 Å². The molecule has 1 unspecified atom stereocenters. The van der Waals surface area contributed by atoms with E-state index in [-0.39, 0.29) is 10.8 Å². The maximum absolute atomic E-state index is 14.4. The summed E-state index contributed by atoms with van der Waals surface area (Å²) in [5.74, 6) is -6.20. The second-order valence-electron chi connectivity index (χ2n) is 6.33. The number of aromatic nitrogens is 2. The van der Waals surface area contributed by atoms with Gasteiger partial charge in [0.25, 0.3) is 12.3 Å². The summed E-state index contributed by atoms with van der Waals surface area (Å²) >= 11 is 4.63. The van der Waals surface area contributed by atoms with E-state index in [1.165, 1.54) is 13.8 Å². The molecule has 28 heavy (non-hydrogen) atoms. The van der Waals surface area contributed by atoms with E-state index in [1.54, 1.807) is 0 Å². The standard InChI is InChI=1S/C13H17F5N3O5PS/c1-6(2)26-27(23,28)24-5-12(9(15)16)4-13(17,18)10(25-12)21-3-7(14)8(19)20-11(21)22/h3,6,9-10H,4-5H2,1-2H3,(H,23,28)(H2,19,20,22)/t10-,12+,27?/m1/s1. The summed E-state index contributed by atoms with van der Waals surface area (Å²) in [5.41, 5.74) is 0.703. The van der Waals surface area contributed by atoms with Gasteiger partial charge in [-0.2, -0.15) is 4.98 Å². The van der Waals surface area contributed by atoms with E-state index in [9.17, 15) is 31.6 Å². The summed E-state index contributed by atoms with van der Waals surface area (Å²) in [4.78, 5) is 24.6. The Morgan fingerprint density at radius 2 is 2.14 bits per heavy atom. The lowest BCUT2D eigenvalue weighted by Crippen LogP contribution is -2.42. The van der Waals surface area contributed by atoms with Crippen molar-refractivity contribution >= 4 is 24.3 Å². The molecule has 1 aliphatic heterocycles. The van der Waals surface area contributed by atoms with Crippen LogP contribution < -0.4 is 11.4 Å². The molecule has 8 nitrogen and oxygen atoms in total. The minimum Gasteiger partial charge on any atom is -0.381 e. The highest BCUT2D eigenvalue weighted by molar-refractivity contribution is 8.07. The Balaban J connectivity index is 2.35. The monoisotopic (exact) mass is 453 g/mol. The number of hydrogen-bond acceptors (Lipinski definition) is 7. The molecule has 3 atom stereocenters. The Labute approximate surface area is 160 Å². The summed E-state index contributed by atoms with van der Waals surface area (Å²) in [6.45, 7) is -2.31. The summed E-state index contributed by atoms with van der Waals surface area (Å²) in [6, 6.07) is 0. The Morgan fingerprint density at radius 3 is 2.68 bits per heavy atom. The Bertz CT molecular complexity index is 841. The first kappa shape index (κ1) is 23.1. The summed E-state index contributed by atoms with van der Waals surface area (Å²) in [7, 11) is 0. The lowest BCUT2D eigenvalue weighted by atomic mass is 10.00. The smallest absolute Gasteiger partial charge is 0.352 e. The number of halogens is 5. The predicted molar refractivity (Wildman–Crippen MR) is 90.0 cm³/mol. The molecule has 0 bridgehead atoms. The zero-order valence-electron chi connectivity index (χ0n) is 14.5. The van der Waals surface area contributed by atoms with Gasteiger partial charge in [0.15, 0.2) is 17.2 Å². The van der Waals surface area contributed by atoms with Crippen LogP contribution in [0.15, 0.2) is 11.0 Å². The molecule has 0 amide bonds. The van der Waals surface area contributed by atoms with E-state index in [4.69, 9.17) is 19.5 Å². The van der Waals surface area contributed by atoms with E-state index in [2.05, 4.69) is 16.8 Å². The van der Waals surface area contributed by atoms with Crippen molar-refractivity contribution in [3.8, 4) is 0 Å². The highest BCUT2D eigenvalue weighted by Gasteiger charge is 2.63. The van der Waals surface area contributed by atoms with Gasteiger partial charge in [0, 0.05) is 0 Å². The van der Waals surface area contributed by atoms with Crippen LogP contribution in [0.5, 0.6) is 0 Å². The molecule has 0 aliphatic carbocycles. The number of hydrogen-bond donors (Lipinski definition) is 2. The second kappa shape index (κ2) is 7.92. The molecular formula is C13H17F5N3O5PS. The van der Waals surface area contributed by atoms with Gasteiger partial charge in [0.2, 0.25) is 6.23 Å². The van der Waals surface area contributed by atoms with Gasteiger partial charge in [-0.15, -0.1) is 0 Å². The van der Waals surface area contributed by atoms with Crippen LogP contribution >= 0.6 is 6.72 Å². The minimum atomic E-state index is -4.04. The number of rotatable bonds is 7. The first-order chi connectivity index (χ1) is 12.7. The molecule has 0 aromatic carbocycles. The highest BCUT2D eigenvalue weighted by Crippen LogP contribution is 2.53. The van der Waals surface area contributed by atoms with Gasteiger partial charge in [-0.25, -0.2) is 26.7 Å². The van der Waals surface area contributed by atoms with Gasteiger partial charge in [-0.05, 0) is 25.7 Å². The van der Waals surface area contributed by atoms with Crippen molar-refractivity contribution in [3.05, 3.63) is 22.5 Å². The molecule has 2 heterocycles. The Kier molecular flexibility index (Phi) is 6.53. The first-order valence-electron chi connectivity index (χ1n) is 7.73. The quantitative estimate of drug-likeness (QED) is 0.478. The fourth-order valence-corrected chi connectivity index (χ4v) is 4.14. The topological polar surface area (TPSA) is 109 Å². The van der Waals surface area contributed by atoms with Crippen LogP contribution in [0, 0.1) is 5.82 Å². The second-order valence-corrected chi connectivity index (χ2v) is 9.12. The molecule has 1 aliphatic rings. The van der Waals surface area contributed by atoms with Crippen molar-refractivity contribution in [2.45, 2.75) is 50.5 Å². The van der Waals surface area contributed by atoms with Gasteiger partial charge in [-0.3, -0.25) is 4.57 Å². The van der Waals surface area contributed by atoms with Crippen molar-refractivity contribution in [1.82, 2.24) is 9.55 Å². The van der Waals surface area contributed by atoms with E-state index in [0.29, 0.717) is 0 Å². The number of anilines is 1. The molecule has 3 N–H and O–H groups in total. The van der Waals surface area contributed by atoms with Crippen LogP contribution in [-0.2, 0) is 25.6 Å². The number of ether oxygens (including phenoxy) is 1. The maximum Gasteiger partial charge on any atom is 0.352 e. The van der Waals surface area contributed by atoms with Crippen LogP contribution in [-0.4, -0.2) is 45.1 Å². The first-order valence-corrected chi connectivity index (χ1v) is 10.3. The average Bonchev–Trinajstić information content (AvgIpc) is 2.80. The Hall–Kier alpha value is -1.18. The zero-order valence-corrected chi connectivity index (χ0v) is 16.2. The molecule has 0 spiro atoms. The van der Waals surface area contributed by atoms with Crippen LogP contribution in [0.1, 0.15) is 26.5 Å². The molecule has 1 aromatic heterocycles. The zero-order chi connectivity index (χ0) is 21.5. The van der Waals surface area contributed by atoms with Crippen LogP contribution in [0.4, 0.5) is 27.8 Å².